The molecule has 67 heavy (non-hydrogen) atoms. The number of rotatable bonds is 43. The summed E-state index contributed by atoms with van der Waals surface area (Å²) < 4.78 is 6.24. The molecule has 0 saturated carbocycles. The number of ether oxygens (including phenoxy) is 1. The first-order valence-corrected chi connectivity index (χ1v) is 27.4. The van der Waals surface area contributed by atoms with Crippen LogP contribution in [0.4, 0.5) is 0 Å². The van der Waals surface area contributed by atoms with E-state index < -0.39 is 67.4 Å². The molecular weight excluding hydrogens is 847 g/mol. The Balaban J connectivity index is 2.05. The van der Waals surface area contributed by atoms with E-state index in [4.69, 9.17) is 9.84 Å². The van der Waals surface area contributed by atoms with Crippen molar-refractivity contribution in [2.75, 3.05) is 13.2 Å². The molecule has 1 aromatic rings. The van der Waals surface area contributed by atoms with Crippen LogP contribution < -0.4 is 10.6 Å². The van der Waals surface area contributed by atoms with Gasteiger partial charge in [0, 0.05) is 25.8 Å². The quantitative estimate of drug-likeness (QED) is 0.0347. The minimum Gasteiger partial charge on any atom is -0.481 e. The monoisotopic (exact) mass is 944 g/mol. The van der Waals surface area contributed by atoms with E-state index in [1.165, 1.54) is 148 Å². The van der Waals surface area contributed by atoms with Crippen molar-refractivity contribution in [3.8, 4) is 0 Å². The van der Waals surface area contributed by atoms with Gasteiger partial charge in [-0.15, -0.1) is 0 Å². The number of aliphatic hydroxyl groups excluding tert-OH is 3. The Kier molecular flexibility index (Phi) is 35.6. The Bertz CT molecular complexity index is 1400. The summed E-state index contributed by atoms with van der Waals surface area (Å²) in [6, 6.07) is 6.59. The number of hydrogen-bond donors (Lipinski definition) is 6. The fourth-order valence-electron chi connectivity index (χ4n) is 9.35. The zero-order chi connectivity index (χ0) is 48.7. The lowest BCUT2D eigenvalue weighted by molar-refractivity contribution is -0.231. The predicted octanol–water partition coefficient (Wildman–Crippen LogP) is 10.9. The number of carboxylic acid groups (broad SMARTS) is 1. The van der Waals surface area contributed by atoms with Crippen LogP contribution in [0, 0.1) is 0 Å². The third kappa shape index (κ3) is 28.3. The van der Waals surface area contributed by atoms with Gasteiger partial charge in [0.1, 0.15) is 30.4 Å². The second-order valence-electron chi connectivity index (χ2n) is 19.6. The summed E-state index contributed by atoms with van der Waals surface area (Å²) >= 11 is 0. The van der Waals surface area contributed by atoms with Crippen LogP contribution in [0.25, 0.3) is 0 Å². The molecule has 1 fully saturated rings. The number of hydrogen-bond acceptors (Lipinski definition) is 8. The van der Waals surface area contributed by atoms with Crippen molar-refractivity contribution in [1.29, 1.82) is 0 Å². The van der Waals surface area contributed by atoms with Crippen molar-refractivity contribution in [1.82, 2.24) is 15.5 Å². The molecule has 1 heterocycles. The number of amides is 3. The molecule has 6 N–H and O–H groups in total. The molecule has 0 radical (unpaired) electrons. The molecule has 1 aliphatic heterocycles. The molecule has 12 heteroatoms. The summed E-state index contributed by atoms with van der Waals surface area (Å²) in [5, 5.41) is 47.5. The van der Waals surface area contributed by atoms with Crippen molar-refractivity contribution in [3.05, 3.63) is 35.9 Å². The van der Waals surface area contributed by atoms with Crippen molar-refractivity contribution in [2.45, 2.75) is 275 Å². The maximum Gasteiger partial charge on any atom is 0.303 e. The Labute approximate surface area is 406 Å². The van der Waals surface area contributed by atoms with Gasteiger partial charge in [-0.25, -0.2) is 0 Å². The number of aliphatic hydroxyl groups is 3. The van der Waals surface area contributed by atoms with E-state index in [0.717, 1.165) is 44.1 Å². The van der Waals surface area contributed by atoms with Crippen LogP contribution in [0.1, 0.15) is 238 Å². The van der Waals surface area contributed by atoms with Gasteiger partial charge in [-0.05, 0) is 18.4 Å². The largest absolute Gasteiger partial charge is 0.481 e. The van der Waals surface area contributed by atoms with Gasteiger partial charge in [0.25, 0.3) is 0 Å². The molecule has 0 bridgehead atoms. The normalized spacial score (nSPS) is 18.7. The van der Waals surface area contributed by atoms with E-state index in [1.807, 2.05) is 6.07 Å². The Morgan fingerprint density at radius 3 is 1.45 bits per heavy atom. The third-order valence-electron chi connectivity index (χ3n) is 13.6. The second-order valence-corrected chi connectivity index (χ2v) is 19.6. The zero-order valence-corrected chi connectivity index (χ0v) is 42.3. The molecule has 386 valence electrons. The van der Waals surface area contributed by atoms with Crippen LogP contribution in [-0.4, -0.2) is 98.8 Å². The van der Waals surface area contributed by atoms with Gasteiger partial charge in [-0.1, -0.05) is 230 Å². The van der Waals surface area contributed by atoms with Gasteiger partial charge in [-0.2, -0.15) is 0 Å². The van der Waals surface area contributed by atoms with Crippen LogP contribution in [-0.2, 0) is 30.3 Å². The maximum atomic E-state index is 14.3. The van der Waals surface area contributed by atoms with Crippen molar-refractivity contribution < 1.29 is 44.3 Å². The topological polar surface area (TPSA) is 186 Å². The summed E-state index contributed by atoms with van der Waals surface area (Å²) in [6.45, 7) is 4.22. The van der Waals surface area contributed by atoms with Crippen molar-refractivity contribution >= 4 is 23.7 Å². The van der Waals surface area contributed by atoms with Gasteiger partial charge in [-0.3, -0.25) is 19.2 Å². The van der Waals surface area contributed by atoms with Gasteiger partial charge < -0.3 is 40.7 Å². The Morgan fingerprint density at radius 1 is 0.582 bits per heavy atom. The van der Waals surface area contributed by atoms with Gasteiger partial charge in [0.05, 0.1) is 13.0 Å². The first-order chi connectivity index (χ1) is 32.6. The van der Waals surface area contributed by atoms with Crippen LogP contribution in [0.2, 0.25) is 0 Å². The molecule has 2 rings (SSSR count). The van der Waals surface area contributed by atoms with Gasteiger partial charge in [0.2, 0.25) is 17.7 Å². The molecule has 12 nitrogen and oxygen atoms in total. The molecule has 0 aliphatic carbocycles. The number of benzene rings is 1. The van der Waals surface area contributed by atoms with E-state index in [9.17, 15) is 34.5 Å². The molecule has 3 amide bonds. The van der Waals surface area contributed by atoms with Crippen molar-refractivity contribution in [3.63, 3.8) is 0 Å². The van der Waals surface area contributed by atoms with E-state index >= 15 is 0 Å². The summed E-state index contributed by atoms with van der Waals surface area (Å²) in [5.41, 5.74) is 0.738. The number of aliphatic carboxylic acids is 1. The van der Waals surface area contributed by atoms with Crippen LogP contribution in [0.3, 0.4) is 0 Å². The summed E-state index contributed by atoms with van der Waals surface area (Å²) in [5.74, 6) is -2.63. The zero-order valence-electron chi connectivity index (χ0n) is 42.3. The van der Waals surface area contributed by atoms with Crippen LogP contribution in [0.15, 0.2) is 30.3 Å². The highest BCUT2D eigenvalue weighted by molar-refractivity contribution is 5.89. The molecular formula is C55H97N3O9. The van der Waals surface area contributed by atoms with Crippen LogP contribution in [0.5, 0.6) is 0 Å². The lowest BCUT2D eigenvalue weighted by Gasteiger charge is -2.47. The molecule has 1 aromatic carbocycles. The van der Waals surface area contributed by atoms with E-state index in [0.29, 0.717) is 19.4 Å². The Hall–Kier alpha value is -3.06. The minimum absolute atomic E-state index is 0.0721. The maximum absolute atomic E-state index is 14.3. The minimum atomic E-state index is -1.60. The summed E-state index contributed by atoms with van der Waals surface area (Å²) in [7, 11) is 0. The molecule has 6 atom stereocenters. The average molecular weight is 944 g/mol. The fourth-order valence-corrected chi connectivity index (χ4v) is 9.35. The molecule has 0 aromatic heterocycles. The van der Waals surface area contributed by atoms with Gasteiger partial charge in [0.15, 0.2) is 6.23 Å². The van der Waals surface area contributed by atoms with E-state index in [-0.39, 0.29) is 25.2 Å². The molecule has 0 spiro atoms. The van der Waals surface area contributed by atoms with E-state index in [1.54, 1.807) is 29.2 Å². The fraction of sp³-hybridized carbons (Fsp3) is 0.818. The number of nitrogens with zero attached hydrogens (tertiary/aromatic N) is 1. The summed E-state index contributed by atoms with van der Waals surface area (Å²) in [4.78, 5) is 54.0. The highest BCUT2D eigenvalue weighted by Crippen LogP contribution is 2.27. The first-order valence-electron chi connectivity index (χ1n) is 27.4. The highest BCUT2D eigenvalue weighted by Gasteiger charge is 2.48. The second kappa shape index (κ2) is 39.8. The van der Waals surface area contributed by atoms with Crippen molar-refractivity contribution in [2.24, 2.45) is 0 Å². The molecule has 1 saturated heterocycles. The molecule has 1 aliphatic rings. The number of carboxylic acids is 1. The van der Waals surface area contributed by atoms with Crippen LogP contribution >= 0.6 is 0 Å². The lowest BCUT2D eigenvalue weighted by atomic mass is 9.94. The SMILES string of the molecule is CCCCCCCCCCCCCCCCCCN(C(=O)CCCCCCCCCCCCCCCCC)[C@@H]1O[C@H](CO)[C@@H](O)[C@H](O)[C@@H]1NC(=O)[C@H](Cc1ccccc1)NC(=O)CCC(=O)O. The number of carbonyl (C=O) groups excluding carboxylic acids is 3. The molecule has 0 unspecified atom stereocenters. The standard InChI is InChI=1S/C55H97N3O9/c1-3-5-7-9-11-13-15-17-19-21-23-25-27-29-31-36-42-58(49(61)39-35-30-28-26-24-22-20-18-16-14-12-10-8-6-4-2)55-51(53(65)52(64)47(44-59)67-55)57-54(66)46(43-45-37-33-32-34-38-45)56-48(60)40-41-50(62)63/h32-34,37-38,46-47,51-53,55,59,64-65H,3-31,35-36,39-44H2,1-2H3,(H,56,60)(H,57,66)(H,62,63)/t46-,47+,51-,52+,53+,55+/m0/s1. The average Bonchev–Trinajstić information content (AvgIpc) is 3.32. The number of carbonyl (C=O) groups is 4. The summed E-state index contributed by atoms with van der Waals surface area (Å²) in [6.07, 6.45) is 31.6. The first kappa shape index (κ1) is 60.1. The van der Waals surface area contributed by atoms with Gasteiger partial charge >= 0.3 is 5.97 Å². The third-order valence-corrected chi connectivity index (χ3v) is 13.6. The Morgan fingerprint density at radius 2 is 1.01 bits per heavy atom. The van der Waals surface area contributed by atoms with E-state index in [2.05, 4.69) is 24.5 Å². The number of nitrogens with one attached hydrogen (secondary N) is 2. The number of unbranched alkanes of at least 4 members (excludes halogenated alkanes) is 29. The highest BCUT2D eigenvalue weighted by atomic mass is 16.5. The predicted molar refractivity (Wildman–Crippen MR) is 269 cm³/mol. The lowest BCUT2D eigenvalue weighted by Crippen LogP contribution is -2.70. The smallest absolute Gasteiger partial charge is 0.303 e.